The number of carboxylic acids is 1. The molecule has 1 aromatic carbocycles. The van der Waals surface area contributed by atoms with Crippen LogP contribution in [0.4, 0.5) is 5.69 Å². The molecule has 0 fully saturated rings. The van der Waals surface area contributed by atoms with E-state index >= 15 is 0 Å². The zero-order valence-corrected chi connectivity index (χ0v) is 10.5. The topological polar surface area (TPSA) is 92.4 Å². The van der Waals surface area contributed by atoms with Crippen LogP contribution in [0.2, 0.25) is 0 Å². The Kier molecular flexibility index (Phi) is 4.71. The van der Waals surface area contributed by atoms with Crippen LogP contribution in [-0.2, 0) is 4.79 Å². The number of nitrogens with one attached hydrogen (secondary N) is 1. The second-order valence-corrected chi connectivity index (χ2v) is 4.52. The average Bonchev–Trinajstić information content (AvgIpc) is 2.28. The molecule has 0 aliphatic carbocycles. The quantitative estimate of drug-likeness (QED) is 0.688. The largest absolute Gasteiger partial charge is 0.481 e. The van der Waals surface area contributed by atoms with E-state index in [2.05, 4.69) is 5.32 Å². The molecule has 0 spiro atoms. The van der Waals surface area contributed by atoms with E-state index in [4.69, 9.17) is 10.8 Å². The van der Waals surface area contributed by atoms with Crippen LogP contribution < -0.4 is 11.1 Å². The van der Waals surface area contributed by atoms with Crippen molar-refractivity contribution in [2.45, 2.75) is 13.8 Å². The maximum Gasteiger partial charge on any atom is 0.308 e. The van der Waals surface area contributed by atoms with E-state index in [0.29, 0.717) is 11.3 Å². The van der Waals surface area contributed by atoms with Crippen LogP contribution in [0, 0.1) is 11.8 Å². The van der Waals surface area contributed by atoms with Gasteiger partial charge in [0.2, 0.25) is 0 Å². The highest BCUT2D eigenvalue weighted by Crippen LogP contribution is 2.11. The smallest absolute Gasteiger partial charge is 0.308 e. The number of benzene rings is 1. The van der Waals surface area contributed by atoms with Gasteiger partial charge in [0.15, 0.2) is 0 Å². The van der Waals surface area contributed by atoms with Gasteiger partial charge in [-0.25, -0.2) is 0 Å². The maximum atomic E-state index is 11.8. The van der Waals surface area contributed by atoms with Crippen LogP contribution in [0.5, 0.6) is 0 Å². The molecule has 1 rings (SSSR count). The molecule has 0 aliphatic heterocycles. The maximum absolute atomic E-state index is 11.8. The highest BCUT2D eigenvalue weighted by Gasteiger charge is 2.22. The number of aliphatic carboxylic acids is 1. The number of carbonyl (C=O) groups is 2. The average molecular weight is 250 g/mol. The van der Waals surface area contributed by atoms with Crippen molar-refractivity contribution in [2.24, 2.45) is 11.8 Å². The first-order chi connectivity index (χ1) is 8.41. The summed E-state index contributed by atoms with van der Waals surface area (Å²) in [6, 6.07) is 6.56. The van der Waals surface area contributed by atoms with Crippen molar-refractivity contribution in [3.63, 3.8) is 0 Å². The highest BCUT2D eigenvalue weighted by atomic mass is 16.4. The molecule has 98 valence electrons. The molecule has 0 heterocycles. The Balaban J connectivity index is 2.63. The van der Waals surface area contributed by atoms with Gasteiger partial charge in [-0.3, -0.25) is 9.59 Å². The molecule has 0 radical (unpaired) electrons. The van der Waals surface area contributed by atoms with Crippen LogP contribution in [0.25, 0.3) is 0 Å². The van der Waals surface area contributed by atoms with Crippen molar-refractivity contribution < 1.29 is 14.7 Å². The molecule has 1 aromatic rings. The molecule has 0 bridgehead atoms. The van der Waals surface area contributed by atoms with Crippen LogP contribution in [0.1, 0.15) is 24.2 Å². The van der Waals surface area contributed by atoms with Gasteiger partial charge in [0, 0.05) is 17.8 Å². The summed E-state index contributed by atoms with van der Waals surface area (Å²) in [5, 5.41) is 11.6. The Morgan fingerprint density at radius 2 is 2.06 bits per heavy atom. The zero-order chi connectivity index (χ0) is 13.7. The molecule has 5 heteroatoms. The van der Waals surface area contributed by atoms with Crippen molar-refractivity contribution in [1.29, 1.82) is 0 Å². The Labute approximate surface area is 106 Å². The standard InChI is InChI=1S/C13H18N2O3/c1-8(2)11(13(17)18)7-15-12(16)9-4-3-5-10(14)6-9/h3-6,8,11H,7,14H2,1-2H3,(H,15,16)(H,17,18). The first-order valence-corrected chi connectivity index (χ1v) is 5.78. The molecule has 0 saturated heterocycles. The lowest BCUT2D eigenvalue weighted by molar-refractivity contribution is -0.142. The Morgan fingerprint density at radius 3 is 2.56 bits per heavy atom. The number of hydrogen-bond donors (Lipinski definition) is 3. The van der Waals surface area contributed by atoms with Gasteiger partial charge < -0.3 is 16.2 Å². The van der Waals surface area contributed by atoms with E-state index < -0.39 is 11.9 Å². The van der Waals surface area contributed by atoms with Crippen molar-refractivity contribution in [2.75, 3.05) is 12.3 Å². The third kappa shape index (κ3) is 3.76. The molecule has 0 saturated carbocycles. The lowest BCUT2D eigenvalue weighted by Crippen LogP contribution is -2.35. The number of anilines is 1. The number of hydrogen-bond acceptors (Lipinski definition) is 3. The molecular formula is C13H18N2O3. The number of nitrogens with two attached hydrogens (primary N) is 1. The lowest BCUT2D eigenvalue weighted by atomic mass is 9.96. The lowest BCUT2D eigenvalue weighted by Gasteiger charge is -2.16. The summed E-state index contributed by atoms with van der Waals surface area (Å²) in [6.45, 7) is 3.73. The minimum absolute atomic E-state index is 0.0383. The molecule has 1 unspecified atom stereocenters. The predicted molar refractivity (Wildman–Crippen MR) is 69.2 cm³/mol. The molecular weight excluding hydrogens is 232 g/mol. The second kappa shape index (κ2) is 6.05. The van der Waals surface area contributed by atoms with Gasteiger partial charge in [-0.05, 0) is 24.1 Å². The molecule has 4 N–H and O–H groups in total. The van der Waals surface area contributed by atoms with E-state index in [1.807, 2.05) is 13.8 Å². The van der Waals surface area contributed by atoms with Gasteiger partial charge in [0.05, 0.1) is 5.92 Å². The van der Waals surface area contributed by atoms with Gasteiger partial charge >= 0.3 is 5.97 Å². The SMILES string of the molecule is CC(C)C(CNC(=O)c1cccc(N)c1)C(=O)O. The van der Waals surface area contributed by atoms with Crippen molar-refractivity contribution in [3.05, 3.63) is 29.8 Å². The van der Waals surface area contributed by atoms with Gasteiger partial charge in [0.25, 0.3) is 5.91 Å². The fourth-order valence-corrected chi connectivity index (χ4v) is 1.59. The molecule has 18 heavy (non-hydrogen) atoms. The summed E-state index contributed by atoms with van der Waals surface area (Å²) in [4.78, 5) is 22.8. The summed E-state index contributed by atoms with van der Waals surface area (Å²) in [5.41, 5.74) is 6.51. The molecule has 0 aromatic heterocycles. The summed E-state index contributed by atoms with van der Waals surface area (Å²) < 4.78 is 0. The van der Waals surface area contributed by atoms with E-state index in [9.17, 15) is 9.59 Å². The third-order valence-corrected chi connectivity index (χ3v) is 2.75. The molecule has 1 atom stereocenters. The monoisotopic (exact) mass is 250 g/mol. The van der Waals surface area contributed by atoms with Crippen LogP contribution in [0.3, 0.4) is 0 Å². The fraction of sp³-hybridized carbons (Fsp3) is 0.385. The first kappa shape index (κ1) is 14.0. The summed E-state index contributed by atoms with van der Waals surface area (Å²) in [7, 11) is 0. The predicted octanol–water partition coefficient (Wildman–Crippen LogP) is 1.36. The van der Waals surface area contributed by atoms with Gasteiger partial charge in [-0.2, -0.15) is 0 Å². The Hall–Kier alpha value is -2.04. The van der Waals surface area contributed by atoms with Gasteiger partial charge in [0.1, 0.15) is 0 Å². The number of carbonyl (C=O) groups excluding carboxylic acids is 1. The Bertz CT molecular complexity index is 444. The summed E-state index contributed by atoms with van der Waals surface area (Å²) in [6.07, 6.45) is 0. The minimum atomic E-state index is -0.905. The normalized spacial score (nSPS) is 12.2. The third-order valence-electron chi connectivity index (χ3n) is 2.75. The Morgan fingerprint density at radius 1 is 1.39 bits per heavy atom. The van der Waals surface area contributed by atoms with E-state index in [1.54, 1.807) is 24.3 Å². The number of carboxylic acid groups (broad SMARTS) is 1. The van der Waals surface area contributed by atoms with E-state index in [0.717, 1.165) is 0 Å². The molecule has 5 nitrogen and oxygen atoms in total. The van der Waals surface area contributed by atoms with Crippen LogP contribution in [0.15, 0.2) is 24.3 Å². The van der Waals surface area contributed by atoms with Crippen molar-refractivity contribution >= 4 is 17.6 Å². The van der Waals surface area contributed by atoms with Crippen LogP contribution >= 0.6 is 0 Å². The van der Waals surface area contributed by atoms with Crippen molar-refractivity contribution in [1.82, 2.24) is 5.32 Å². The molecule has 1 amide bonds. The van der Waals surface area contributed by atoms with E-state index in [1.165, 1.54) is 0 Å². The van der Waals surface area contributed by atoms with Gasteiger partial charge in [-0.1, -0.05) is 19.9 Å². The van der Waals surface area contributed by atoms with Crippen LogP contribution in [-0.4, -0.2) is 23.5 Å². The van der Waals surface area contributed by atoms with Gasteiger partial charge in [-0.15, -0.1) is 0 Å². The fourth-order valence-electron chi connectivity index (χ4n) is 1.59. The highest BCUT2D eigenvalue weighted by molar-refractivity contribution is 5.95. The summed E-state index contributed by atoms with van der Waals surface area (Å²) in [5.74, 6) is -1.84. The van der Waals surface area contributed by atoms with Crippen molar-refractivity contribution in [3.8, 4) is 0 Å². The number of amides is 1. The zero-order valence-electron chi connectivity index (χ0n) is 10.5. The molecule has 0 aliphatic rings. The van der Waals surface area contributed by atoms with E-state index in [-0.39, 0.29) is 18.4 Å². The minimum Gasteiger partial charge on any atom is -0.481 e. The number of rotatable bonds is 5. The number of nitrogen functional groups attached to an aromatic ring is 1. The summed E-state index contributed by atoms with van der Waals surface area (Å²) >= 11 is 0. The first-order valence-electron chi connectivity index (χ1n) is 5.78. The second-order valence-electron chi connectivity index (χ2n) is 4.52.